The number of rotatable bonds is 4. The van der Waals surface area contributed by atoms with Crippen LogP contribution in [0.1, 0.15) is 18.4 Å². The van der Waals surface area contributed by atoms with Crippen molar-refractivity contribution in [2.45, 2.75) is 23.1 Å². The van der Waals surface area contributed by atoms with E-state index in [-0.39, 0.29) is 12.5 Å². The van der Waals surface area contributed by atoms with Crippen LogP contribution in [0.25, 0.3) is 0 Å². The Bertz CT molecular complexity index is 515. The molecule has 2 rings (SSSR count). The van der Waals surface area contributed by atoms with Gasteiger partial charge < -0.3 is 5.11 Å². The topological polar surface area (TPSA) is 57.6 Å². The van der Waals surface area contributed by atoms with Gasteiger partial charge in [-0.1, -0.05) is 28.1 Å². The Morgan fingerprint density at radius 3 is 2.58 bits per heavy atom. The maximum atomic E-state index is 12.5. The molecule has 1 aliphatic rings. The van der Waals surface area contributed by atoms with Gasteiger partial charge in [0.2, 0.25) is 10.0 Å². The molecule has 106 valence electrons. The van der Waals surface area contributed by atoms with Gasteiger partial charge in [-0.3, -0.25) is 0 Å². The van der Waals surface area contributed by atoms with Crippen molar-refractivity contribution < 1.29 is 13.5 Å². The Kier molecular flexibility index (Phi) is 5.00. The molecule has 0 saturated carbocycles. The van der Waals surface area contributed by atoms with Crippen molar-refractivity contribution in [2.75, 3.05) is 19.7 Å². The lowest BCUT2D eigenvalue weighted by Gasteiger charge is -2.30. The SMILES string of the molecule is O=S(=O)(c1ccc(CBr)cc1)N1CCC[C@H](CO)C1. The second kappa shape index (κ2) is 6.35. The molecule has 0 spiro atoms. The predicted octanol–water partition coefficient (Wildman–Crippen LogP) is 1.97. The summed E-state index contributed by atoms with van der Waals surface area (Å²) in [5.74, 6) is 0.0605. The Balaban J connectivity index is 2.20. The summed E-state index contributed by atoms with van der Waals surface area (Å²) in [7, 11) is -3.42. The first-order valence-electron chi connectivity index (χ1n) is 6.34. The van der Waals surface area contributed by atoms with Crippen molar-refractivity contribution in [3.05, 3.63) is 29.8 Å². The quantitative estimate of drug-likeness (QED) is 0.847. The van der Waals surface area contributed by atoms with Crippen LogP contribution in [0.5, 0.6) is 0 Å². The van der Waals surface area contributed by atoms with E-state index in [9.17, 15) is 13.5 Å². The predicted molar refractivity (Wildman–Crippen MR) is 77.6 cm³/mol. The summed E-state index contributed by atoms with van der Waals surface area (Å²) in [5.41, 5.74) is 1.05. The molecule has 0 unspecified atom stereocenters. The lowest BCUT2D eigenvalue weighted by molar-refractivity contribution is 0.165. The fourth-order valence-electron chi connectivity index (χ4n) is 2.29. The molecule has 1 aromatic carbocycles. The van der Waals surface area contributed by atoms with Crippen molar-refractivity contribution in [1.82, 2.24) is 4.31 Å². The van der Waals surface area contributed by atoms with Gasteiger partial charge in [-0.2, -0.15) is 4.31 Å². The van der Waals surface area contributed by atoms with Gasteiger partial charge in [0.05, 0.1) is 4.90 Å². The highest BCUT2D eigenvalue weighted by atomic mass is 79.9. The first kappa shape index (κ1) is 15.0. The van der Waals surface area contributed by atoms with E-state index in [4.69, 9.17) is 0 Å². The largest absolute Gasteiger partial charge is 0.396 e. The number of aliphatic hydroxyl groups is 1. The molecule has 0 aliphatic carbocycles. The molecular formula is C13H18BrNO3S. The van der Waals surface area contributed by atoms with Crippen LogP contribution < -0.4 is 0 Å². The highest BCUT2D eigenvalue weighted by Crippen LogP contribution is 2.24. The molecule has 1 N–H and O–H groups in total. The number of halogens is 1. The van der Waals surface area contributed by atoms with Crippen molar-refractivity contribution >= 4 is 26.0 Å². The minimum absolute atomic E-state index is 0.0501. The van der Waals surface area contributed by atoms with Crippen molar-refractivity contribution in [3.8, 4) is 0 Å². The lowest BCUT2D eigenvalue weighted by atomic mass is 10.0. The number of alkyl halides is 1. The van der Waals surface area contributed by atoms with Crippen LogP contribution in [-0.2, 0) is 15.4 Å². The zero-order valence-corrected chi connectivity index (χ0v) is 13.0. The maximum Gasteiger partial charge on any atom is 0.243 e. The first-order valence-corrected chi connectivity index (χ1v) is 8.90. The number of hydrogen-bond acceptors (Lipinski definition) is 3. The summed E-state index contributed by atoms with van der Waals surface area (Å²) in [6.45, 7) is 1.01. The Morgan fingerprint density at radius 2 is 2.00 bits per heavy atom. The molecule has 1 fully saturated rings. The van der Waals surface area contributed by atoms with E-state index in [0.717, 1.165) is 18.4 Å². The second-order valence-electron chi connectivity index (χ2n) is 4.83. The summed E-state index contributed by atoms with van der Waals surface area (Å²) in [6, 6.07) is 6.92. The number of nitrogens with zero attached hydrogens (tertiary/aromatic N) is 1. The number of piperidine rings is 1. The summed E-state index contributed by atoms with van der Waals surface area (Å²) in [5, 5.41) is 9.90. The molecule has 19 heavy (non-hydrogen) atoms. The van der Waals surface area contributed by atoms with Crippen molar-refractivity contribution in [3.63, 3.8) is 0 Å². The van der Waals surface area contributed by atoms with Crippen LogP contribution in [0.15, 0.2) is 29.2 Å². The molecule has 1 heterocycles. The minimum Gasteiger partial charge on any atom is -0.396 e. The zero-order chi connectivity index (χ0) is 13.9. The van der Waals surface area contributed by atoms with Crippen LogP contribution in [0.2, 0.25) is 0 Å². The third-order valence-corrected chi connectivity index (χ3v) is 5.98. The zero-order valence-electron chi connectivity index (χ0n) is 10.6. The molecule has 0 aromatic heterocycles. The number of sulfonamides is 1. The molecule has 1 aromatic rings. The number of aliphatic hydroxyl groups excluding tert-OH is 1. The van der Waals surface area contributed by atoms with Crippen molar-refractivity contribution in [2.24, 2.45) is 5.92 Å². The second-order valence-corrected chi connectivity index (χ2v) is 7.33. The standard InChI is InChI=1S/C13H18BrNO3S/c14-8-11-3-5-13(6-4-11)19(17,18)15-7-1-2-12(9-15)10-16/h3-6,12,16H,1-2,7-10H2/t12-/m0/s1. The van der Waals surface area contributed by atoms with Crippen molar-refractivity contribution in [1.29, 1.82) is 0 Å². The van der Waals surface area contributed by atoms with Gasteiger partial charge in [-0.15, -0.1) is 0 Å². The molecule has 1 atom stereocenters. The monoisotopic (exact) mass is 347 g/mol. The molecule has 1 saturated heterocycles. The highest BCUT2D eigenvalue weighted by Gasteiger charge is 2.29. The average Bonchev–Trinajstić information content (AvgIpc) is 2.47. The molecule has 0 radical (unpaired) electrons. The van der Waals surface area contributed by atoms with Gasteiger partial charge in [-0.05, 0) is 36.5 Å². The number of hydrogen-bond donors (Lipinski definition) is 1. The van der Waals surface area contributed by atoms with Gasteiger partial charge in [0.1, 0.15) is 0 Å². The molecular weight excluding hydrogens is 330 g/mol. The van der Waals surface area contributed by atoms with Crippen LogP contribution >= 0.6 is 15.9 Å². The van der Waals surface area contributed by atoms with Crippen LogP contribution in [0.4, 0.5) is 0 Å². The highest BCUT2D eigenvalue weighted by molar-refractivity contribution is 9.08. The Morgan fingerprint density at radius 1 is 1.32 bits per heavy atom. The summed E-state index contributed by atoms with van der Waals surface area (Å²) < 4.78 is 26.4. The third kappa shape index (κ3) is 3.37. The normalized spacial score (nSPS) is 21.5. The van der Waals surface area contributed by atoms with E-state index in [1.807, 2.05) is 12.1 Å². The van der Waals surface area contributed by atoms with E-state index in [0.29, 0.717) is 23.3 Å². The molecule has 0 amide bonds. The Labute approximate surface area is 122 Å². The molecule has 1 aliphatic heterocycles. The van der Waals surface area contributed by atoms with E-state index >= 15 is 0 Å². The van der Waals surface area contributed by atoms with Gasteiger partial charge in [0.25, 0.3) is 0 Å². The van der Waals surface area contributed by atoms with Gasteiger partial charge in [0.15, 0.2) is 0 Å². The minimum atomic E-state index is -3.42. The summed E-state index contributed by atoms with van der Waals surface area (Å²) in [6.07, 6.45) is 1.70. The van der Waals surface area contributed by atoms with Crippen LogP contribution in [-0.4, -0.2) is 37.5 Å². The van der Waals surface area contributed by atoms with E-state index < -0.39 is 10.0 Å². The van der Waals surface area contributed by atoms with Crippen LogP contribution in [0, 0.1) is 5.92 Å². The summed E-state index contributed by atoms with van der Waals surface area (Å²) >= 11 is 3.34. The number of benzene rings is 1. The lowest BCUT2D eigenvalue weighted by Crippen LogP contribution is -2.40. The molecule has 4 nitrogen and oxygen atoms in total. The summed E-state index contributed by atoms with van der Waals surface area (Å²) in [4.78, 5) is 0.329. The average molecular weight is 348 g/mol. The third-order valence-electron chi connectivity index (χ3n) is 3.46. The Hall–Kier alpha value is -0.430. The maximum absolute atomic E-state index is 12.5. The molecule has 0 bridgehead atoms. The smallest absolute Gasteiger partial charge is 0.243 e. The fraction of sp³-hybridized carbons (Fsp3) is 0.538. The fourth-order valence-corrected chi connectivity index (χ4v) is 4.22. The van der Waals surface area contributed by atoms with Gasteiger partial charge in [-0.25, -0.2) is 8.42 Å². The van der Waals surface area contributed by atoms with E-state index in [1.54, 1.807) is 12.1 Å². The van der Waals surface area contributed by atoms with Gasteiger partial charge >= 0.3 is 0 Å². The first-order chi connectivity index (χ1) is 9.07. The van der Waals surface area contributed by atoms with Crippen LogP contribution in [0.3, 0.4) is 0 Å². The van der Waals surface area contributed by atoms with E-state index in [2.05, 4.69) is 15.9 Å². The van der Waals surface area contributed by atoms with E-state index in [1.165, 1.54) is 4.31 Å². The van der Waals surface area contributed by atoms with Gasteiger partial charge in [0, 0.05) is 25.0 Å². The molecule has 6 heteroatoms.